The molecule has 0 aromatic heterocycles. The topological polar surface area (TPSA) is 35.5 Å². The molecule has 1 aliphatic rings. The van der Waals surface area contributed by atoms with Gasteiger partial charge in [-0.3, -0.25) is 4.79 Å². The lowest BCUT2D eigenvalue weighted by Crippen LogP contribution is -2.23. The molecule has 0 radical (unpaired) electrons. The van der Waals surface area contributed by atoms with Crippen LogP contribution in [0.3, 0.4) is 0 Å². The van der Waals surface area contributed by atoms with Gasteiger partial charge in [0.25, 0.3) is 0 Å². The van der Waals surface area contributed by atoms with Crippen molar-refractivity contribution in [3.63, 3.8) is 0 Å². The first-order valence-corrected chi connectivity index (χ1v) is 7.46. The standard InChI is InChI=1S/C16H21ClO3/c1-19-15-9-8-11(17)10-14(15)12-6-4-3-5-7-13(12)16(18)20-2/h8-10,12-13H,3-7H2,1-2H3. The minimum Gasteiger partial charge on any atom is -0.496 e. The lowest BCUT2D eigenvalue weighted by atomic mass is 9.82. The molecule has 2 atom stereocenters. The van der Waals surface area contributed by atoms with Crippen LogP contribution in [0.2, 0.25) is 5.02 Å². The average Bonchev–Trinajstić information content (AvgIpc) is 2.72. The highest BCUT2D eigenvalue weighted by Gasteiger charge is 2.33. The quantitative estimate of drug-likeness (QED) is 0.620. The molecule has 0 saturated heterocycles. The molecule has 2 unspecified atom stereocenters. The van der Waals surface area contributed by atoms with Crippen molar-refractivity contribution in [2.24, 2.45) is 5.92 Å². The van der Waals surface area contributed by atoms with Gasteiger partial charge < -0.3 is 9.47 Å². The van der Waals surface area contributed by atoms with E-state index in [1.807, 2.05) is 18.2 Å². The molecule has 0 heterocycles. The summed E-state index contributed by atoms with van der Waals surface area (Å²) in [4.78, 5) is 12.1. The van der Waals surface area contributed by atoms with E-state index in [0.717, 1.165) is 43.4 Å². The highest BCUT2D eigenvalue weighted by molar-refractivity contribution is 6.30. The molecule has 3 nitrogen and oxygen atoms in total. The third-order valence-corrected chi connectivity index (χ3v) is 4.35. The summed E-state index contributed by atoms with van der Waals surface area (Å²) in [6, 6.07) is 5.61. The first kappa shape index (κ1) is 15.2. The monoisotopic (exact) mass is 296 g/mol. The number of methoxy groups -OCH3 is 2. The number of hydrogen-bond acceptors (Lipinski definition) is 3. The minimum atomic E-state index is -0.126. The van der Waals surface area contributed by atoms with Crippen LogP contribution in [-0.2, 0) is 9.53 Å². The van der Waals surface area contributed by atoms with Gasteiger partial charge in [-0.25, -0.2) is 0 Å². The summed E-state index contributed by atoms with van der Waals surface area (Å²) in [5.74, 6) is 0.697. The number of benzene rings is 1. The Kier molecular flexibility index (Phi) is 5.30. The predicted octanol–water partition coefficient (Wildman–Crippen LogP) is 4.19. The zero-order valence-corrected chi connectivity index (χ0v) is 12.8. The van der Waals surface area contributed by atoms with Crippen molar-refractivity contribution in [3.8, 4) is 5.75 Å². The summed E-state index contributed by atoms with van der Waals surface area (Å²) >= 11 is 6.12. The van der Waals surface area contributed by atoms with Gasteiger partial charge in [-0.15, -0.1) is 0 Å². The maximum absolute atomic E-state index is 12.1. The van der Waals surface area contributed by atoms with Gasteiger partial charge in [0.05, 0.1) is 20.1 Å². The van der Waals surface area contributed by atoms with Crippen molar-refractivity contribution < 1.29 is 14.3 Å². The fourth-order valence-electron chi connectivity index (χ4n) is 3.11. The second-order valence-corrected chi connectivity index (χ2v) is 5.70. The van der Waals surface area contributed by atoms with E-state index in [-0.39, 0.29) is 17.8 Å². The van der Waals surface area contributed by atoms with Gasteiger partial charge >= 0.3 is 5.97 Å². The number of esters is 1. The number of hydrogen-bond donors (Lipinski definition) is 0. The third kappa shape index (κ3) is 3.26. The molecule has 0 aliphatic heterocycles. The number of carbonyl (C=O) groups excluding carboxylic acids is 1. The van der Waals surface area contributed by atoms with Gasteiger partial charge in [0, 0.05) is 10.9 Å². The first-order valence-electron chi connectivity index (χ1n) is 7.08. The van der Waals surface area contributed by atoms with Crippen LogP contribution in [0.1, 0.15) is 43.6 Å². The molecule has 1 saturated carbocycles. The van der Waals surface area contributed by atoms with Crippen molar-refractivity contribution in [3.05, 3.63) is 28.8 Å². The largest absolute Gasteiger partial charge is 0.496 e. The van der Waals surface area contributed by atoms with Crippen LogP contribution >= 0.6 is 11.6 Å². The van der Waals surface area contributed by atoms with Crippen LogP contribution in [0.15, 0.2) is 18.2 Å². The van der Waals surface area contributed by atoms with Crippen LogP contribution in [0.4, 0.5) is 0 Å². The minimum absolute atomic E-state index is 0.102. The zero-order chi connectivity index (χ0) is 14.5. The first-order chi connectivity index (χ1) is 9.67. The SMILES string of the molecule is COC(=O)C1CCCCCC1c1cc(Cl)ccc1OC. The van der Waals surface area contributed by atoms with Crippen molar-refractivity contribution in [1.82, 2.24) is 0 Å². The molecule has 1 aliphatic carbocycles. The van der Waals surface area contributed by atoms with E-state index in [1.54, 1.807) is 7.11 Å². The summed E-state index contributed by atoms with van der Waals surface area (Å²) in [5.41, 5.74) is 1.03. The van der Waals surface area contributed by atoms with Crippen molar-refractivity contribution in [2.45, 2.75) is 38.0 Å². The molecule has 0 N–H and O–H groups in total. The normalized spacial score (nSPS) is 22.9. The number of ether oxygens (including phenoxy) is 2. The van der Waals surface area contributed by atoms with E-state index in [2.05, 4.69) is 0 Å². The molecule has 1 aromatic carbocycles. The molecule has 1 aromatic rings. The van der Waals surface area contributed by atoms with Crippen molar-refractivity contribution in [2.75, 3.05) is 14.2 Å². The highest BCUT2D eigenvalue weighted by Crippen LogP contribution is 2.41. The Labute approximate surface area is 125 Å². The summed E-state index contributed by atoms with van der Waals surface area (Å²) in [6.07, 6.45) is 5.18. The van der Waals surface area contributed by atoms with Gasteiger partial charge in [0.15, 0.2) is 0 Å². The van der Waals surface area contributed by atoms with Gasteiger partial charge in [0.1, 0.15) is 5.75 Å². The predicted molar refractivity (Wildman–Crippen MR) is 79.3 cm³/mol. The van der Waals surface area contributed by atoms with E-state index < -0.39 is 0 Å². The third-order valence-electron chi connectivity index (χ3n) is 4.11. The Morgan fingerprint density at radius 3 is 2.65 bits per heavy atom. The second kappa shape index (κ2) is 6.98. The maximum Gasteiger partial charge on any atom is 0.309 e. The van der Waals surface area contributed by atoms with E-state index in [1.165, 1.54) is 7.11 Å². The van der Waals surface area contributed by atoms with Crippen molar-refractivity contribution >= 4 is 17.6 Å². The Bertz CT molecular complexity index is 473. The summed E-state index contributed by atoms with van der Waals surface area (Å²) in [5, 5.41) is 0.675. The Hall–Kier alpha value is -1.22. The number of carbonyl (C=O) groups is 1. The van der Waals surface area contributed by atoms with Crippen LogP contribution < -0.4 is 4.74 Å². The Morgan fingerprint density at radius 2 is 1.95 bits per heavy atom. The smallest absolute Gasteiger partial charge is 0.309 e. The molecule has 0 bridgehead atoms. The van der Waals surface area contributed by atoms with E-state index in [9.17, 15) is 4.79 Å². The molecule has 2 rings (SSSR count). The average molecular weight is 297 g/mol. The fourth-order valence-corrected chi connectivity index (χ4v) is 3.29. The summed E-state index contributed by atoms with van der Waals surface area (Å²) < 4.78 is 10.4. The Balaban J connectivity index is 2.39. The molecule has 1 fully saturated rings. The fraction of sp³-hybridized carbons (Fsp3) is 0.562. The van der Waals surface area contributed by atoms with Gasteiger partial charge in [-0.2, -0.15) is 0 Å². The molecular formula is C16H21ClO3. The van der Waals surface area contributed by atoms with Gasteiger partial charge in [0.2, 0.25) is 0 Å². The lowest BCUT2D eigenvalue weighted by molar-refractivity contribution is -0.146. The van der Waals surface area contributed by atoms with Crippen LogP contribution in [0.5, 0.6) is 5.75 Å². The molecule has 0 spiro atoms. The van der Waals surface area contributed by atoms with E-state index >= 15 is 0 Å². The zero-order valence-electron chi connectivity index (χ0n) is 12.0. The maximum atomic E-state index is 12.1. The van der Waals surface area contributed by atoms with Gasteiger partial charge in [-0.05, 0) is 36.6 Å². The molecule has 20 heavy (non-hydrogen) atoms. The Morgan fingerprint density at radius 1 is 1.20 bits per heavy atom. The molecule has 0 amide bonds. The lowest BCUT2D eigenvalue weighted by Gasteiger charge is -2.25. The number of rotatable bonds is 3. The molecule has 4 heteroatoms. The van der Waals surface area contributed by atoms with Crippen LogP contribution in [0.25, 0.3) is 0 Å². The summed E-state index contributed by atoms with van der Waals surface area (Å²) in [7, 11) is 3.11. The van der Waals surface area contributed by atoms with Crippen LogP contribution in [0, 0.1) is 5.92 Å². The second-order valence-electron chi connectivity index (χ2n) is 5.26. The highest BCUT2D eigenvalue weighted by atomic mass is 35.5. The van der Waals surface area contributed by atoms with Crippen molar-refractivity contribution in [1.29, 1.82) is 0 Å². The molecular weight excluding hydrogens is 276 g/mol. The molecule has 110 valence electrons. The van der Waals surface area contributed by atoms with E-state index in [0.29, 0.717) is 5.02 Å². The van der Waals surface area contributed by atoms with Crippen LogP contribution in [-0.4, -0.2) is 20.2 Å². The van der Waals surface area contributed by atoms with Gasteiger partial charge in [-0.1, -0.05) is 30.9 Å². The number of halogens is 1. The van der Waals surface area contributed by atoms with E-state index in [4.69, 9.17) is 21.1 Å². The summed E-state index contributed by atoms with van der Waals surface area (Å²) in [6.45, 7) is 0.